The van der Waals surface area contributed by atoms with Gasteiger partial charge in [-0.05, 0) is 40.0 Å². The first-order valence-corrected chi connectivity index (χ1v) is 8.04. The van der Waals surface area contributed by atoms with Crippen LogP contribution in [-0.4, -0.2) is 17.9 Å². The molecule has 1 heterocycles. The summed E-state index contributed by atoms with van der Waals surface area (Å²) in [6.07, 6.45) is 1.17. The predicted octanol–water partition coefficient (Wildman–Crippen LogP) is 4.11. The number of hydrogen-bond acceptors (Lipinski definition) is 3. The second-order valence-corrected chi connectivity index (χ2v) is 6.59. The Morgan fingerprint density at radius 2 is 2.10 bits per heavy atom. The highest BCUT2D eigenvalue weighted by Crippen LogP contribution is 2.21. The van der Waals surface area contributed by atoms with Gasteiger partial charge in [0.05, 0.1) is 6.54 Å². The van der Waals surface area contributed by atoms with E-state index in [9.17, 15) is 4.79 Å². The standard InChI is InChI=1S/C15H17BrN2OS.ClH/c1-18(9-13-8-12(16)10-20-13)15(19)7-6-11-4-2-3-5-14(11)17;/h2-5,8,10H,6-7,9,17H2,1H3;1H. The van der Waals surface area contributed by atoms with Gasteiger partial charge in [0.1, 0.15) is 0 Å². The number of nitrogen functional groups attached to an aromatic ring is 1. The molecule has 0 aliphatic rings. The summed E-state index contributed by atoms with van der Waals surface area (Å²) in [6, 6.07) is 9.74. The number of nitrogens with zero attached hydrogens (tertiary/aromatic N) is 1. The molecule has 0 radical (unpaired) electrons. The third-order valence-electron chi connectivity index (χ3n) is 3.10. The number of halogens is 2. The fourth-order valence-electron chi connectivity index (χ4n) is 1.95. The molecule has 21 heavy (non-hydrogen) atoms. The minimum Gasteiger partial charge on any atom is -0.399 e. The Kier molecular flexibility index (Phi) is 7.22. The fraction of sp³-hybridized carbons (Fsp3) is 0.267. The van der Waals surface area contributed by atoms with Crippen LogP contribution in [0.2, 0.25) is 0 Å². The zero-order valence-electron chi connectivity index (χ0n) is 11.7. The number of aryl methyl sites for hydroxylation is 1. The number of nitrogens with two attached hydrogens (primary N) is 1. The number of thiophene rings is 1. The predicted molar refractivity (Wildman–Crippen MR) is 94.9 cm³/mol. The lowest BCUT2D eigenvalue weighted by Gasteiger charge is -2.16. The van der Waals surface area contributed by atoms with Crippen molar-refractivity contribution in [3.05, 3.63) is 50.6 Å². The smallest absolute Gasteiger partial charge is 0.222 e. The summed E-state index contributed by atoms with van der Waals surface area (Å²) < 4.78 is 1.07. The van der Waals surface area contributed by atoms with Crippen molar-refractivity contribution in [1.29, 1.82) is 0 Å². The Balaban J connectivity index is 0.00000220. The van der Waals surface area contributed by atoms with Crippen molar-refractivity contribution in [2.45, 2.75) is 19.4 Å². The van der Waals surface area contributed by atoms with E-state index in [2.05, 4.69) is 15.9 Å². The molecule has 0 aliphatic carbocycles. The van der Waals surface area contributed by atoms with Crippen LogP contribution in [0.1, 0.15) is 16.9 Å². The lowest BCUT2D eigenvalue weighted by Crippen LogP contribution is -2.26. The van der Waals surface area contributed by atoms with Gasteiger partial charge < -0.3 is 10.6 Å². The van der Waals surface area contributed by atoms with E-state index in [1.165, 1.54) is 4.88 Å². The van der Waals surface area contributed by atoms with Crippen LogP contribution in [0.3, 0.4) is 0 Å². The average molecular weight is 390 g/mol. The second-order valence-electron chi connectivity index (χ2n) is 4.68. The van der Waals surface area contributed by atoms with E-state index in [4.69, 9.17) is 5.73 Å². The molecule has 1 aromatic heterocycles. The maximum atomic E-state index is 12.1. The van der Waals surface area contributed by atoms with E-state index in [0.29, 0.717) is 19.4 Å². The molecule has 0 saturated heterocycles. The Hall–Kier alpha value is -1.04. The van der Waals surface area contributed by atoms with Crippen LogP contribution in [0.15, 0.2) is 40.2 Å². The van der Waals surface area contributed by atoms with E-state index in [-0.39, 0.29) is 18.3 Å². The highest BCUT2D eigenvalue weighted by Gasteiger charge is 2.11. The van der Waals surface area contributed by atoms with Crippen LogP contribution in [-0.2, 0) is 17.8 Å². The van der Waals surface area contributed by atoms with Crippen LogP contribution in [0.4, 0.5) is 5.69 Å². The van der Waals surface area contributed by atoms with Crippen molar-refractivity contribution in [1.82, 2.24) is 4.90 Å². The van der Waals surface area contributed by atoms with E-state index >= 15 is 0 Å². The molecule has 0 bridgehead atoms. The van der Waals surface area contributed by atoms with Crippen molar-refractivity contribution in [2.24, 2.45) is 0 Å². The molecule has 0 atom stereocenters. The first-order chi connectivity index (χ1) is 9.56. The number of anilines is 1. The number of rotatable bonds is 5. The third kappa shape index (κ3) is 5.34. The highest BCUT2D eigenvalue weighted by atomic mass is 79.9. The number of amides is 1. The summed E-state index contributed by atoms with van der Waals surface area (Å²) in [5, 5.41) is 2.03. The number of benzene rings is 1. The Labute approximate surface area is 143 Å². The SMILES string of the molecule is CN(Cc1cc(Br)cs1)C(=O)CCc1ccccc1N.Cl. The van der Waals surface area contributed by atoms with Gasteiger partial charge in [0.15, 0.2) is 0 Å². The van der Waals surface area contributed by atoms with Crippen LogP contribution in [0.25, 0.3) is 0 Å². The maximum absolute atomic E-state index is 12.1. The maximum Gasteiger partial charge on any atom is 0.222 e. The molecular formula is C15H18BrClN2OS. The molecular weight excluding hydrogens is 372 g/mol. The molecule has 0 saturated carbocycles. The first kappa shape index (κ1) is 18.0. The van der Waals surface area contributed by atoms with Gasteiger partial charge in [-0.2, -0.15) is 0 Å². The highest BCUT2D eigenvalue weighted by molar-refractivity contribution is 9.10. The van der Waals surface area contributed by atoms with Gasteiger partial charge in [-0.1, -0.05) is 18.2 Å². The van der Waals surface area contributed by atoms with Crippen LogP contribution in [0, 0.1) is 0 Å². The van der Waals surface area contributed by atoms with E-state index < -0.39 is 0 Å². The summed E-state index contributed by atoms with van der Waals surface area (Å²) in [6.45, 7) is 0.652. The zero-order chi connectivity index (χ0) is 14.5. The van der Waals surface area contributed by atoms with Crippen molar-refractivity contribution < 1.29 is 4.79 Å². The van der Waals surface area contributed by atoms with Crippen molar-refractivity contribution in [3.63, 3.8) is 0 Å². The molecule has 3 nitrogen and oxygen atoms in total. The quantitative estimate of drug-likeness (QED) is 0.782. The second kappa shape index (κ2) is 8.41. The van der Waals surface area contributed by atoms with Gasteiger partial charge in [0.2, 0.25) is 5.91 Å². The average Bonchev–Trinajstić information content (AvgIpc) is 2.82. The summed E-state index contributed by atoms with van der Waals surface area (Å²) in [5.74, 6) is 0.137. The molecule has 0 spiro atoms. The molecule has 6 heteroatoms. The summed E-state index contributed by atoms with van der Waals surface area (Å²) >= 11 is 5.07. The third-order valence-corrected chi connectivity index (χ3v) is 4.79. The molecule has 2 aromatic rings. The van der Waals surface area contributed by atoms with Gasteiger partial charge in [0, 0.05) is 33.9 Å². The fourth-order valence-corrected chi connectivity index (χ4v) is 3.46. The Morgan fingerprint density at radius 1 is 1.38 bits per heavy atom. The molecule has 0 fully saturated rings. The summed E-state index contributed by atoms with van der Waals surface area (Å²) in [4.78, 5) is 15.1. The molecule has 0 unspecified atom stereocenters. The number of carbonyl (C=O) groups is 1. The van der Waals surface area contributed by atoms with Crippen LogP contribution in [0.5, 0.6) is 0 Å². The normalized spacial score (nSPS) is 10.0. The molecule has 2 rings (SSSR count). The Morgan fingerprint density at radius 3 is 2.71 bits per heavy atom. The minimum atomic E-state index is 0. The van der Waals surface area contributed by atoms with Crippen molar-refractivity contribution >= 4 is 51.3 Å². The van der Waals surface area contributed by atoms with Gasteiger partial charge in [-0.15, -0.1) is 23.7 Å². The molecule has 1 aromatic carbocycles. The number of carbonyl (C=O) groups excluding carboxylic acids is 1. The number of para-hydroxylation sites is 1. The van der Waals surface area contributed by atoms with Gasteiger partial charge in [0.25, 0.3) is 0 Å². The van der Waals surface area contributed by atoms with E-state index in [1.54, 1.807) is 16.2 Å². The molecule has 0 aliphatic heterocycles. The Bertz CT molecular complexity index is 603. The summed E-state index contributed by atoms with van der Waals surface area (Å²) in [5.41, 5.74) is 7.67. The minimum absolute atomic E-state index is 0. The lowest BCUT2D eigenvalue weighted by molar-refractivity contribution is -0.130. The van der Waals surface area contributed by atoms with E-state index in [0.717, 1.165) is 15.7 Å². The van der Waals surface area contributed by atoms with E-state index in [1.807, 2.05) is 42.8 Å². The largest absolute Gasteiger partial charge is 0.399 e. The molecule has 114 valence electrons. The van der Waals surface area contributed by atoms with Gasteiger partial charge >= 0.3 is 0 Å². The van der Waals surface area contributed by atoms with Crippen molar-refractivity contribution in [3.8, 4) is 0 Å². The molecule has 2 N–H and O–H groups in total. The monoisotopic (exact) mass is 388 g/mol. The van der Waals surface area contributed by atoms with Gasteiger partial charge in [-0.3, -0.25) is 4.79 Å². The first-order valence-electron chi connectivity index (χ1n) is 6.36. The zero-order valence-corrected chi connectivity index (χ0v) is 14.9. The van der Waals surface area contributed by atoms with Crippen LogP contribution >= 0.6 is 39.7 Å². The lowest BCUT2D eigenvalue weighted by atomic mass is 10.1. The number of hydrogen-bond donors (Lipinski definition) is 1. The van der Waals surface area contributed by atoms with Gasteiger partial charge in [-0.25, -0.2) is 0 Å². The molecule has 1 amide bonds. The van der Waals surface area contributed by atoms with Crippen molar-refractivity contribution in [2.75, 3.05) is 12.8 Å². The summed E-state index contributed by atoms with van der Waals surface area (Å²) in [7, 11) is 1.84. The topological polar surface area (TPSA) is 46.3 Å². The van der Waals surface area contributed by atoms with Crippen LogP contribution < -0.4 is 5.73 Å².